The Morgan fingerprint density at radius 2 is 2.38 bits per heavy atom. The number of alkyl halides is 1. The van der Waals surface area contributed by atoms with Crippen molar-refractivity contribution in [2.75, 3.05) is 5.88 Å². The molecule has 0 aromatic rings. The van der Waals surface area contributed by atoms with Crippen LogP contribution >= 0.6 is 11.6 Å². The minimum Gasteiger partial charge on any atom is -0.126 e. The summed E-state index contributed by atoms with van der Waals surface area (Å²) in [6, 6.07) is 0. The molecule has 0 nitrogen and oxygen atoms in total. The average molecular weight is 131 g/mol. The van der Waals surface area contributed by atoms with Gasteiger partial charge in [0.25, 0.3) is 0 Å². The van der Waals surface area contributed by atoms with Crippen LogP contribution in [0.5, 0.6) is 0 Å². The van der Waals surface area contributed by atoms with Gasteiger partial charge >= 0.3 is 0 Å². The number of hydrogen-bond acceptors (Lipinski definition) is 0. The van der Waals surface area contributed by atoms with E-state index in [2.05, 4.69) is 12.8 Å². The van der Waals surface area contributed by atoms with Crippen LogP contribution in [0.3, 0.4) is 0 Å². The Balaban J connectivity index is 3.01. The van der Waals surface area contributed by atoms with Crippen LogP contribution in [0.1, 0.15) is 19.8 Å². The fourth-order valence-corrected chi connectivity index (χ4v) is 0.561. The molecular formula is C7H11Cl. The highest BCUT2D eigenvalue weighted by Crippen LogP contribution is 2.05. The van der Waals surface area contributed by atoms with Gasteiger partial charge in [0.2, 0.25) is 0 Å². The molecule has 0 rings (SSSR count). The SMILES string of the molecule is C#CCCC(C)CCl. The van der Waals surface area contributed by atoms with Crippen LogP contribution in [0.2, 0.25) is 0 Å². The van der Waals surface area contributed by atoms with E-state index in [4.69, 9.17) is 18.0 Å². The maximum Gasteiger partial charge on any atom is 0.0249 e. The van der Waals surface area contributed by atoms with E-state index in [1.165, 1.54) is 0 Å². The first kappa shape index (κ1) is 7.85. The Labute approximate surface area is 56.2 Å². The molecule has 0 aliphatic heterocycles. The molecule has 1 atom stereocenters. The van der Waals surface area contributed by atoms with E-state index in [9.17, 15) is 0 Å². The zero-order chi connectivity index (χ0) is 6.41. The number of rotatable bonds is 3. The Kier molecular flexibility index (Phi) is 4.90. The molecule has 0 saturated heterocycles. The van der Waals surface area contributed by atoms with E-state index < -0.39 is 0 Å². The summed E-state index contributed by atoms with van der Waals surface area (Å²) >= 11 is 5.52. The van der Waals surface area contributed by atoms with E-state index >= 15 is 0 Å². The predicted octanol–water partition coefficient (Wildman–Crippen LogP) is 2.27. The summed E-state index contributed by atoms with van der Waals surface area (Å²) < 4.78 is 0. The molecule has 0 aromatic carbocycles. The molecular weight excluding hydrogens is 120 g/mol. The standard InChI is InChI=1S/C7H11Cl/c1-3-4-5-7(2)6-8/h1,7H,4-6H2,2H3. The second-order valence-electron chi connectivity index (χ2n) is 2.00. The van der Waals surface area contributed by atoms with E-state index in [1.54, 1.807) is 0 Å². The van der Waals surface area contributed by atoms with E-state index in [0.717, 1.165) is 18.7 Å². The van der Waals surface area contributed by atoms with Crippen molar-refractivity contribution >= 4 is 11.6 Å². The van der Waals surface area contributed by atoms with Crippen molar-refractivity contribution in [3.8, 4) is 12.3 Å². The highest BCUT2D eigenvalue weighted by atomic mass is 35.5. The lowest BCUT2D eigenvalue weighted by Crippen LogP contribution is -1.93. The smallest absolute Gasteiger partial charge is 0.0249 e. The first-order valence-electron chi connectivity index (χ1n) is 2.80. The van der Waals surface area contributed by atoms with Gasteiger partial charge in [0.05, 0.1) is 0 Å². The lowest BCUT2D eigenvalue weighted by molar-refractivity contribution is 0.606. The molecule has 0 N–H and O–H groups in total. The molecule has 0 heterocycles. The zero-order valence-electron chi connectivity index (χ0n) is 5.15. The third-order valence-electron chi connectivity index (χ3n) is 1.04. The van der Waals surface area contributed by atoms with Crippen molar-refractivity contribution in [2.45, 2.75) is 19.8 Å². The summed E-state index contributed by atoms with van der Waals surface area (Å²) in [5.74, 6) is 3.87. The van der Waals surface area contributed by atoms with Gasteiger partial charge in [0, 0.05) is 12.3 Å². The maximum absolute atomic E-state index is 5.52. The van der Waals surface area contributed by atoms with Crippen LogP contribution in [-0.4, -0.2) is 5.88 Å². The third-order valence-corrected chi connectivity index (χ3v) is 1.57. The molecule has 8 heavy (non-hydrogen) atoms. The summed E-state index contributed by atoms with van der Waals surface area (Å²) in [6.45, 7) is 2.10. The lowest BCUT2D eigenvalue weighted by Gasteiger charge is -2.00. The van der Waals surface area contributed by atoms with Gasteiger partial charge in [-0.2, -0.15) is 0 Å². The second-order valence-corrected chi connectivity index (χ2v) is 2.31. The van der Waals surface area contributed by atoms with Crippen molar-refractivity contribution < 1.29 is 0 Å². The van der Waals surface area contributed by atoms with Gasteiger partial charge in [-0.05, 0) is 12.3 Å². The van der Waals surface area contributed by atoms with Gasteiger partial charge in [-0.1, -0.05) is 6.92 Å². The summed E-state index contributed by atoms with van der Waals surface area (Å²) in [7, 11) is 0. The van der Waals surface area contributed by atoms with Crippen molar-refractivity contribution in [2.24, 2.45) is 5.92 Å². The topological polar surface area (TPSA) is 0 Å². The van der Waals surface area contributed by atoms with E-state index in [-0.39, 0.29) is 0 Å². The molecule has 0 bridgehead atoms. The third kappa shape index (κ3) is 4.02. The molecule has 0 radical (unpaired) electrons. The molecule has 0 amide bonds. The van der Waals surface area contributed by atoms with Gasteiger partial charge < -0.3 is 0 Å². The number of halogens is 1. The highest BCUT2D eigenvalue weighted by Gasteiger charge is 1.95. The van der Waals surface area contributed by atoms with Gasteiger partial charge in [0.15, 0.2) is 0 Å². The molecule has 0 aliphatic carbocycles. The Bertz CT molecular complexity index is 80.9. The average Bonchev–Trinajstić information content (AvgIpc) is 1.83. The minimum absolute atomic E-state index is 0.577. The monoisotopic (exact) mass is 130 g/mol. The summed E-state index contributed by atoms with van der Waals surface area (Å²) in [5, 5.41) is 0. The molecule has 46 valence electrons. The molecule has 1 unspecified atom stereocenters. The van der Waals surface area contributed by atoms with Crippen LogP contribution in [-0.2, 0) is 0 Å². The van der Waals surface area contributed by atoms with Crippen LogP contribution in [0, 0.1) is 18.3 Å². The fraction of sp³-hybridized carbons (Fsp3) is 0.714. The number of hydrogen-bond donors (Lipinski definition) is 0. The maximum atomic E-state index is 5.52. The summed E-state index contributed by atoms with van der Waals surface area (Å²) in [5.41, 5.74) is 0. The Hall–Kier alpha value is -0.150. The molecule has 0 aromatic heterocycles. The summed E-state index contributed by atoms with van der Waals surface area (Å²) in [6.07, 6.45) is 6.95. The van der Waals surface area contributed by atoms with Crippen LogP contribution in [0.4, 0.5) is 0 Å². The Morgan fingerprint density at radius 1 is 1.75 bits per heavy atom. The van der Waals surface area contributed by atoms with Gasteiger partial charge in [-0.15, -0.1) is 23.9 Å². The largest absolute Gasteiger partial charge is 0.126 e. The zero-order valence-corrected chi connectivity index (χ0v) is 5.91. The first-order chi connectivity index (χ1) is 3.81. The second kappa shape index (κ2) is 5.00. The lowest BCUT2D eigenvalue weighted by atomic mass is 10.1. The fourth-order valence-electron chi connectivity index (χ4n) is 0.407. The minimum atomic E-state index is 0.577. The van der Waals surface area contributed by atoms with Gasteiger partial charge in [0.1, 0.15) is 0 Å². The molecule has 0 aliphatic rings. The molecule has 0 spiro atoms. The van der Waals surface area contributed by atoms with Crippen molar-refractivity contribution in [3.63, 3.8) is 0 Å². The van der Waals surface area contributed by atoms with Gasteiger partial charge in [-0.25, -0.2) is 0 Å². The van der Waals surface area contributed by atoms with Crippen LogP contribution < -0.4 is 0 Å². The van der Waals surface area contributed by atoms with Crippen molar-refractivity contribution in [1.82, 2.24) is 0 Å². The first-order valence-corrected chi connectivity index (χ1v) is 3.34. The highest BCUT2D eigenvalue weighted by molar-refractivity contribution is 6.18. The van der Waals surface area contributed by atoms with E-state index in [0.29, 0.717) is 5.92 Å². The summed E-state index contributed by atoms with van der Waals surface area (Å²) in [4.78, 5) is 0. The van der Waals surface area contributed by atoms with Crippen molar-refractivity contribution in [1.29, 1.82) is 0 Å². The van der Waals surface area contributed by atoms with E-state index in [1.807, 2.05) is 0 Å². The quantitative estimate of drug-likeness (QED) is 0.406. The normalized spacial score (nSPS) is 12.6. The number of terminal acetylenes is 1. The molecule has 1 heteroatoms. The molecule has 0 saturated carbocycles. The molecule has 0 fully saturated rings. The Morgan fingerprint density at radius 3 is 2.75 bits per heavy atom. The van der Waals surface area contributed by atoms with Gasteiger partial charge in [-0.3, -0.25) is 0 Å². The van der Waals surface area contributed by atoms with Crippen LogP contribution in [0.25, 0.3) is 0 Å². The van der Waals surface area contributed by atoms with Crippen LogP contribution in [0.15, 0.2) is 0 Å². The van der Waals surface area contributed by atoms with Crippen molar-refractivity contribution in [3.05, 3.63) is 0 Å². The predicted molar refractivity (Wildman–Crippen MR) is 38.0 cm³/mol.